The molecule has 1 aliphatic heterocycles. The van der Waals surface area contributed by atoms with E-state index in [1.54, 1.807) is 0 Å². The number of ether oxygens (including phenoxy) is 3. The van der Waals surface area contributed by atoms with Gasteiger partial charge in [-0.1, -0.05) is 6.92 Å². The minimum Gasteiger partial charge on any atom is -0.468 e. The van der Waals surface area contributed by atoms with Gasteiger partial charge in [-0.15, -0.1) is 0 Å². The molecule has 1 saturated heterocycles. The summed E-state index contributed by atoms with van der Waals surface area (Å²) >= 11 is 0. The maximum atomic E-state index is 12.3. The van der Waals surface area contributed by atoms with E-state index in [1.165, 1.54) is 7.11 Å². The lowest BCUT2D eigenvalue weighted by Gasteiger charge is -2.32. The molecule has 0 N–H and O–H groups in total. The lowest BCUT2D eigenvalue weighted by Crippen LogP contribution is -2.46. The summed E-state index contributed by atoms with van der Waals surface area (Å²) in [7, 11) is 1.28. The van der Waals surface area contributed by atoms with Crippen molar-refractivity contribution >= 4 is 17.9 Å². The largest absolute Gasteiger partial charge is 0.468 e. The Labute approximate surface area is 129 Å². The zero-order valence-electron chi connectivity index (χ0n) is 13.4. The predicted molar refractivity (Wildman–Crippen MR) is 74.5 cm³/mol. The number of hydrogen-bond acceptors (Lipinski definition) is 6. The topological polar surface area (TPSA) is 78.9 Å². The van der Waals surface area contributed by atoms with E-state index < -0.39 is 35.0 Å². The van der Waals surface area contributed by atoms with Crippen LogP contribution in [0.2, 0.25) is 0 Å². The highest BCUT2D eigenvalue weighted by Gasteiger charge is 2.75. The van der Waals surface area contributed by atoms with Crippen LogP contribution in [-0.2, 0) is 28.6 Å². The molecule has 0 aromatic heterocycles. The van der Waals surface area contributed by atoms with Crippen LogP contribution < -0.4 is 0 Å². The Morgan fingerprint density at radius 1 is 1.41 bits per heavy atom. The second kappa shape index (κ2) is 4.70. The smallest absolute Gasteiger partial charge is 0.324 e. The fourth-order valence-corrected chi connectivity index (χ4v) is 4.04. The zero-order chi connectivity index (χ0) is 16.3. The van der Waals surface area contributed by atoms with Crippen LogP contribution in [0.1, 0.15) is 40.0 Å². The molecule has 3 rings (SSSR count). The van der Waals surface area contributed by atoms with E-state index >= 15 is 0 Å². The number of carbonyl (C=O) groups excluding carboxylic acids is 3. The first-order valence-electron chi connectivity index (χ1n) is 7.78. The Hall–Kier alpha value is -1.59. The first-order chi connectivity index (χ1) is 10.3. The number of hydrogen-bond donors (Lipinski definition) is 0. The van der Waals surface area contributed by atoms with Crippen LogP contribution in [0.3, 0.4) is 0 Å². The Bertz CT molecular complexity index is 539. The number of fused-ring (bicyclic) bond motifs is 1. The van der Waals surface area contributed by atoms with Crippen molar-refractivity contribution in [2.45, 2.75) is 52.2 Å². The maximum Gasteiger partial charge on any atom is 0.324 e. The highest BCUT2D eigenvalue weighted by atomic mass is 16.6. The number of carbonyl (C=O) groups is 3. The average Bonchev–Trinajstić information content (AvgIpc) is 3.08. The molecule has 0 spiro atoms. The Balaban J connectivity index is 1.81. The minimum atomic E-state index is -1.17. The van der Waals surface area contributed by atoms with Gasteiger partial charge < -0.3 is 14.2 Å². The van der Waals surface area contributed by atoms with E-state index in [2.05, 4.69) is 0 Å². The van der Waals surface area contributed by atoms with Crippen molar-refractivity contribution in [3.8, 4) is 0 Å². The molecule has 1 heterocycles. The normalized spacial score (nSPS) is 38.8. The van der Waals surface area contributed by atoms with Crippen LogP contribution in [0.15, 0.2) is 0 Å². The van der Waals surface area contributed by atoms with Crippen LogP contribution >= 0.6 is 0 Å². The summed E-state index contributed by atoms with van der Waals surface area (Å²) in [5.74, 6) is -1.58. The summed E-state index contributed by atoms with van der Waals surface area (Å²) in [5, 5.41) is 0. The monoisotopic (exact) mass is 310 g/mol. The molecular formula is C16H22O6. The van der Waals surface area contributed by atoms with Crippen molar-refractivity contribution < 1.29 is 28.6 Å². The van der Waals surface area contributed by atoms with Gasteiger partial charge in [0.1, 0.15) is 12.2 Å². The van der Waals surface area contributed by atoms with Crippen molar-refractivity contribution in [3.63, 3.8) is 0 Å². The molecule has 0 amide bonds. The highest BCUT2D eigenvalue weighted by molar-refractivity contribution is 6.03. The van der Waals surface area contributed by atoms with Gasteiger partial charge in [0.2, 0.25) is 0 Å². The molecule has 0 radical (unpaired) electrons. The van der Waals surface area contributed by atoms with Gasteiger partial charge in [-0.25, -0.2) is 0 Å². The molecule has 2 bridgehead atoms. The first-order valence-corrected chi connectivity index (χ1v) is 7.78. The van der Waals surface area contributed by atoms with Gasteiger partial charge in [-0.2, -0.15) is 0 Å². The fourth-order valence-electron chi connectivity index (χ4n) is 4.04. The molecule has 2 aliphatic carbocycles. The molecule has 5 atom stereocenters. The van der Waals surface area contributed by atoms with E-state index in [1.807, 2.05) is 20.8 Å². The molecule has 22 heavy (non-hydrogen) atoms. The van der Waals surface area contributed by atoms with Gasteiger partial charge in [-0.05, 0) is 33.1 Å². The minimum absolute atomic E-state index is 0.0165. The summed E-state index contributed by atoms with van der Waals surface area (Å²) in [6, 6.07) is 0. The molecule has 2 saturated carbocycles. The predicted octanol–water partition coefficient (Wildman–Crippen LogP) is 1.46. The average molecular weight is 310 g/mol. The molecule has 122 valence electrons. The summed E-state index contributed by atoms with van der Waals surface area (Å²) in [5.41, 5.74) is -1.74. The highest BCUT2D eigenvalue weighted by Crippen LogP contribution is 2.63. The number of methoxy groups -OCH3 is 1. The summed E-state index contributed by atoms with van der Waals surface area (Å²) in [6.07, 6.45) is 0.734. The molecule has 3 aliphatic rings. The van der Waals surface area contributed by atoms with E-state index in [-0.39, 0.29) is 17.8 Å². The second-order valence-electron chi connectivity index (χ2n) is 7.25. The lowest BCUT2D eigenvalue weighted by atomic mass is 9.73. The van der Waals surface area contributed by atoms with Crippen molar-refractivity contribution in [2.75, 3.05) is 7.11 Å². The summed E-state index contributed by atoms with van der Waals surface area (Å²) < 4.78 is 15.9. The standard InChI is InChI=1S/C16H22O6/c1-5-15(2,3)12(17)21-10-8-6-9-11(10)22-14(19)16(9,7-8)13(18)20-4/h8-11H,5-7H2,1-4H3. The van der Waals surface area contributed by atoms with Gasteiger partial charge in [0.05, 0.1) is 12.5 Å². The van der Waals surface area contributed by atoms with E-state index in [9.17, 15) is 14.4 Å². The molecule has 5 unspecified atom stereocenters. The van der Waals surface area contributed by atoms with Gasteiger partial charge >= 0.3 is 17.9 Å². The van der Waals surface area contributed by atoms with Crippen LogP contribution in [-0.4, -0.2) is 37.2 Å². The summed E-state index contributed by atoms with van der Waals surface area (Å²) in [6.45, 7) is 5.60. The van der Waals surface area contributed by atoms with Gasteiger partial charge in [-0.3, -0.25) is 14.4 Å². The molecule has 0 aromatic carbocycles. The van der Waals surface area contributed by atoms with Crippen molar-refractivity contribution in [1.82, 2.24) is 0 Å². The van der Waals surface area contributed by atoms with Gasteiger partial charge in [0.25, 0.3) is 0 Å². The van der Waals surface area contributed by atoms with Crippen LogP contribution in [0.5, 0.6) is 0 Å². The first kappa shape index (κ1) is 15.3. The van der Waals surface area contributed by atoms with Crippen molar-refractivity contribution in [1.29, 1.82) is 0 Å². The van der Waals surface area contributed by atoms with E-state index in [4.69, 9.17) is 14.2 Å². The SMILES string of the molecule is CCC(C)(C)C(=O)OC1C2CC3C1OC(=O)C3(C(=O)OC)C2. The Morgan fingerprint density at radius 3 is 2.68 bits per heavy atom. The Morgan fingerprint density at radius 2 is 2.09 bits per heavy atom. The number of esters is 3. The van der Waals surface area contributed by atoms with Crippen LogP contribution in [0, 0.1) is 22.7 Å². The Kier molecular flexibility index (Phi) is 3.27. The van der Waals surface area contributed by atoms with Crippen LogP contribution in [0.25, 0.3) is 0 Å². The molecule has 0 aromatic rings. The molecular weight excluding hydrogens is 288 g/mol. The fraction of sp³-hybridized carbons (Fsp3) is 0.812. The third-order valence-electron chi connectivity index (χ3n) is 5.80. The van der Waals surface area contributed by atoms with Crippen molar-refractivity contribution in [2.24, 2.45) is 22.7 Å². The van der Waals surface area contributed by atoms with Crippen molar-refractivity contribution in [3.05, 3.63) is 0 Å². The number of rotatable bonds is 4. The van der Waals surface area contributed by atoms with Crippen LogP contribution in [0.4, 0.5) is 0 Å². The van der Waals surface area contributed by atoms with E-state index in [0.29, 0.717) is 19.3 Å². The maximum absolute atomic E-state index is 12.3. The quantitative estimate of drug-likeness (QED) is 0.444. The molecule has 6 heteroatoms. The summed E-state index contributed by atoms with van der Waals surface area (Å²) in [4.78, 5) is 36.6. The zero-order valence-corrected chi connectivity index (χ0v) is 13.4. The third-order valence-corrected chi connectivity index (χ3v) is 5.80. The lowest BCUT2D eigenvalue weighted by molar-refractivity contribution is -0.170. The van der Waals surface area contributed by atoms with Gasteiger partial charge in [0, 0.05) is 11.8 Å². The second-order valence-corrected chi connectivity index (χ2v) is 7.25. The van der Waals surface area contributed by atoms with Gasteiger partial charge in [0.15, 0.2) is 5.41 Å². The molecule has 6 nitrogen and oxygen atoms in total. The van der Waals surface area contributed by atoms with E-state index in [0.717, 1.165) is 0 Å². The third kappa shape index (κ3) is 1.75. The molecule has 3 fully saturated rings.